The van der Waals surface area contributed by atoms with Gasteiger partial charge in [0.25, 0.3) is 5.91 Å². The Morgan fingerprint density at radius 3 is 2.63 bits per heavy atom. The van der Waals surface area contributed by atoms with Gasteiger partial charge in [-0.1, -0.05) is 54.2 Å². The van der Waals surface area contributed by atoms with Crippen LogP contribution in [0, 0.1) is 0 Å². The summed E-state index contributed by atoms with van der Waals surface area (Å²) in [4.78, 5) is 17.2. The normalized spacial score (nSPS) is 21.9. The first kappa shape index (κ1) is 15.7. The monoisotopic (exact) mass is 388 g/mol. The lowest BCUT2D eigenvalue weighted by atomic mass is 9.96. The number of nitrogens with zero attached hydrogens (tertiary/aromatic N) is 1. The van der Waals surface area contributed by atoms with E-state index < -0.39 is 4.87 Å². The van der Waals surface area contributed by atoms with Gasteiger partial charge in [-0.3, -0.25) is 4.79 Å². The number of para-hydroxylation sites is 1. The molecule has 3 aliphatic heterocycles. The van der Waals surface area contributed by atoms with Crippen molar-refractivity contribution >= 4 is 40.8 Å². The third-order valence-electron chi connectivity index (χ3n) is 5.52. The molecule has 0 aliphatic carbocycles. The van der Waals surface area contributed by atoms with Crippen molar-refractivity contribution in [3.63, 3.8) is 0 Å². The van der Waals surface area contributed by atoms with Crippen LogP contribution in [0.15, 0.2) is 76.5 Å². The molecule has 3 aliphatic rings. The molecule has 3 aromatic carbocycles. The first-order valence-corrected chi connectivity index (χ1v) is 10.8. The summed E-state index contributed by atoms with van der Waals surface area (Å²) in [5, 5.41) is 3.58. The second kappa shape index (κ2) is 5.57. The van der Waals surface area contributed by atoms with Crippen molar-refractivity contribution in [1.82, 2.24) is 4.90 Å². The van der Waals surface area contributed by atoms with Crippen LogP contribution >= 0.6 is 23.5 Å². The molecule has 1 fully saturated rings. The smallest absolute Gasteiger partial charge is 0.255 e. The molecule has 0 bridgehead atoms. The number of amides is 1. The van der Waals surface area contributed by atoms with E-state index in [1.165, 1.54) is 15.4 Å². The van der Waals surface area contributed by atoms with E-state index in [1.54, 1.807) is 11.8 Å². The molecule has 6 rings (SSSR count). The molecule has 132 valence electrons. The Labute approximate surface area is 166 Å². The standard InChI is InChI=1S/C22H16N2OS2/c25-21-14-6-1-2-7-15(14)22(24(21)12-13-26-22)16-8-5-10-18-20(16)27-19-11-4-3-9-17(19)23-18/h1-11,23H,12-13H2. The van der Waals surface area contributed by atoms with Crippen molar-refractivity contribution in [2.75, 3.05) is 17.6 Å². The van der Waals surface area contributed by atoms with E-state index in [0.29, 0.717) is 0 Å². The molecule has 0 radical (unpaired) electrons. The van der Waals surface area contributed by atoms with Crippen molar-refractivity contribution in [3.05, 3.63) is 83.4 Å². The van der Waals surface area contributed by atoms with Gasteiger partial charge < -0.3 is 10.2 Å². The Hall–Kier alpha value is -2.37. The maximum atomic E-state index is 13.1. The summed E-state index contributed by atoms with van der Waals surface area (Å²) in [5.74, 6) is 1.11. The Morgan fingerprint density at radius 2 is 1.67 bits per heavy atom. The lowest BCUT2D eigenvalue weighted by Crippen LogP contribution is -2.38. The first-order chi connectivity index (χ1) is 13.3. The molecule has 1 N–H and O–H groups in total. The average Bonchev–Trinajstić information content (AvgIpc) is 3.25. The van der Waals surface area contributed by atoms with Gasteiger partial charge in [0.15, 0.2) is 0 Å². The Balaban J connectivity index is 1.60. The van der Waals surface area contributed by atoms with Crippen LogP contribution in [0.3, 0.4) is 0 Å². The van der Waals surface area contributed by atoms with E-state index >= 15 is 0 Å². The van der Waals surface area contributed by atoms with Crippen molar-refractivity contribution in [2.24, 2.45) is 0 Å². The van der Waals surface area contributed by atoms with E-state index in [2.05, 4.69) is 58.7 Å². The molecule has 5 heteroatoms. The van der Waals surface area contributed by atoms with Crippen LogP contribution in [-0.4, -0.2) is 23.1 Å². The highest BCUT2D eigenvalue weighted by molar-refractivity contribution is 8.01. The Morgan fingerprint density at radius 1 is 0.889 bits per heavy atom. The van der Waals surface area contributed by atoms with E-state index in [0.717, 1.165) is 34.8 Å². The molecule has 0 aromatic heterocycles. The number of hydrogen-bond acceptors (Lipinski definition) is 4. The molecule has 1 amide bonds. The number of benzene rings is 3. The van der Waals surface area contributed by atoms with Crippen molar-refractivity contribution in [2.45, 2.75) is 14.7 Å². The van der Waals surface area contributed by atoms with E-state index in [-0.39, 0.29) is 5.91 Å². The van der Waals surface area contributed by atoms with Gasteiger partial charge in [-0.05, 0) is 24.3 Å². The molecule has 3 heterocycles. The third kappa shape index (κ3) is 1.98. The number of carbonyl (C=O) groups excluding carboxylic acids is 1. The van der Waals surface area contributed by atoms with E-state index in [4.69, 9.17) is 0 Å². The summed E-state index contributed by atoms with van der Waals surface area (Å²) < 4.78 is 0. The number of nitrogens with one attached hydrogen (secondary N) is 1. The zero-order valence-electron chi connectivity index (χ0n) is 14.4. The molecule has 1 atom stereocenters. The molecule has 1 saturated heterocycles. The summed E-state index contributed by atoms with van der Waals surface area (Å²) in [7, 11) is 0. The highest BCUT2D eigenvalue weighted by atomic mass is 32.2. The van der Waals surface area contributed by atoms with Crippen LogP contribution in [0.2, 0.25) is 0 Å². The van der Waals surface area contributed by atoms with Gasteiger partial charge in [-0.2, -0.15) is 0 Å². The maximum Gasteiger partial charge on any atom is 0.255 e. The van der Waals surface area contributed by atoms with Crippen LogP contribution in [-0.2, 0) is 4.87 Å². The number of carbonyl (C=O) groups is 1. The highest BCUT2D eigenvalue weighted by Gasteiger charge is 2.55. The number of thioether (sulfide) groups is 1. The van der Waals surface area contributed by atoms with Gasteiger partial charge in [-0.15, -0.1) is 11.8 Å². The van der Waals surface area contributed by atoms with Gasteiger partial charge >= 0.3 is 0 Å². The van der Waals surface area contributed by atoms with Crippen LogP contribution < -0.4 is 5.32 Å². The summed E-state index contributed by atoms with van der Waals surface area (Å²) in [6, 6.07) is 22.9. The minimum Gasteiger partial charge on any atom is -0.354 e. The summed E-state index contributed by atoms with van der Waals surface area (Å²) in [5.41, 5.74) is 5.45. The third-order valence-corrected chi connectivity index (χ3v) is 8.21. The van der Waals surface area contributed by atoms with Gasteiger partial charge in [0, 0.05) is 38.8 Å². The van der Waals surface area contributed by atoms with Crippen LogP contribution in [0.25, 0.3) is 0 Å². The minimum atomic E-state index is -0.417. The molecular formula is C22H16N2OS2. The van der Waals surface area contributed by atoms with Crippen LogP contribution in [0.1, 0.15) is 21.5 Å². The Bertz CT molecular complexity index is 1110. The zero-order chi connectivity index (χ0) is 18.0. The van der Waals surface area contributed by atoms with Gasteiger partial charge in [0.05, 0.1) is 11.4 Å². The predicted octanol–water partition coefficient (Wildman–Crippen LogP) is 5.30. The molecule has 0 spiro atoms. The van der Waals surface area contributed by atoms with Crippen LogP contribution in [0.4, 0.5) is 11.4 Å². The number of hydrogen-bond donors (Lipinski definition) is 1. The summed E-state index contributed by atoms with van der Waals surface area (Å²) in [6.45, 7) is 0.788. The van der Waals surface area contributed by atoms with Gasteiger partial charge in [0.1, 0.15) is 4.87 Å². The number of anilines is 2. The predicted molar refractivity (Wildman–Crippen MR) is 111 cm³/mol. The largest absolute Gasteiger partial charge is 0.354 e. The molecule has 3 nitrogen and oxygen atoms in total. The zero-order valence-corrected chi connectivity index (χ0v) is 16.1. The Kier molecular flexibility index (Phi) is 3.23. The fraction of sp³-hybridized carbons (Fsp3) is 0.136. The van der Waals surface area contributed by atoms with Crippen LogP contribution in [0.5, 0.6) is 0 Å². The van der Waals surface area contributed by atoms with Gasteiger partial charge in [0.2, 0.25) is 0 Å². The lowest BCUT2D eigenvalue weighted by molar-refractivity contribution is 0.0751. The average molecular weight is 389 g/mol. The molecule has 0 saturated carbocycles. The topological polar surface area (TPSA) is 32.3 Å². The van der Waals surface area contributed by atoms with Crippen molar-refractivity contribution < 1.29 is 4.79 Å². The number of rotatable bonds is 1. The molecule has 3 aromatic rings. The van der Waals surface area contributed by atoms with E-state index in [1.807, 2.05) is 30.0 Å². The molecule has 1 unspecified atom stereocenters. The second-order valence-electron chi connectivity index (χ2n) is 6.90. The SMILES string of the molecule is O=C1c2ccccc2C2(c3cccc4c3Sc3ccccc3N4)SCCN12. The van der Waals surface area contributed by atoms with Gasteiger partial charge in [-0.25, -0.2) is 0 Å². The first-order valence-electron chi connectivity index (χ1n) is 9.02. The maximum absolute atomic E-state index is 13.1. The fourth-order valence-electron chi connectivity index (χ4n) is 4.39. The molecule has 27 heavy (non-hydrogen) atoms. The minimum absolute atomic E-state index is 0.155. The lowest BCUT2D eigenvalue weighted by Gasteiger charge is -2.35. The molecular weight excluding hydrogens is 372 g/mol. The second-order valence-corrected chi connectivity index (χ2v) is 9.24. The highest BCUT2D eigenvalue weighted by Crippen LogP contribution is 2.59. The van der Waals surface area contributed by atoms with Crippen molar-refractivity contribution in [3.8, 4) is 0 Å². The summed E-state index contributed by atoms with van der Waals surface area (Å²) in [6.07, 6.45) is 0. The van der Waals surface area contributed by atoms with E-state index in [9.17, 15) is 4.79 Å². The quantitative estimate of drug-likeness (QED) is 0.480. The fourth-order valence-corrected chi connectivity index (χ4v) is 7.17. The van der Waals surface area contributed by atoms with Crippen molar-refractivity contribution in [1.29, 1.82) is 0 Å². The number of fused-ring (bicyclic) bond motifs is 5. The summed E-state index contributed by atoms with van der Waals surface area (Å²) >= 11 is 3.68.